The Morgan fingerprint density at radius 3 is 2.79 bits per heavy atom. The molecule has 0 aliphatic rings. The average molecular weight is 410 g/mol. The predicted octanol–water partition coefficient (Wildman–Crippen LogP) is 5.58. The van der Waals surface area contributed by atoms with Crippen LogP contribution in [-0.2, 0) is 0 Å². The Morgan fingerprint density at radius 2 is 1.96 bits per heavy atom. The lowest BCUT2D eigenvalue weighted by Crippen LogP contribution is -2.11. The molecule has 4 rings (SSSR count). The van der Waals surface area contributed by atoms with E-state index in [4.69, 9.17) is 16.3 Å². The number of methoxy groups -OCH3 is 1. The molecule has 0 fully saturated rings. The van der Waals surface area contributed by atoms with Gasteiger partial charge in [-0.05, 0) is 49.4 Å². The number of carbonyl (C=O) groups excluding carboxylic acids is 1. The fraction of sp³-hybridized carbons (Fsp3) is 0.0952. The summed E-state index contributed by atoms with van der Waals surface area (Å²) in [5.74, 6) is 0.517. The minimum Gasteiger partial charge on any atom is -0.496 e. The lowest BCUT2D eigenvalue weighted by atomic mass is 10.1. The highest BCUT2D eigenvalue weighted by Gasteiger charge is 2.13. The van der Waals surface area contributed by atoms with Crippen LogP contribution in [0.2, 0.25) is 5.15 Å². The van der Waals surface area contributed by atoms with Crippen molar-refractivity contribution in [2.75, 3.05) is 12.4 Å². The van der Waals surface area contributed by atoms with E-state index in [1.165, 1.54) is 11.3 Å². The second-order valence-electron chi connectivity index (χ2n) is 6.24. The molecule has 4 aromatic rings. The number of rotatable bonds is 4. The van der Waals surface area contributed by atoms with Crippen LogP contribution < -0.4 is 10.1 Å². The molecular formula is C21H16ClN3O2S. The van der Waals surface area contributed by atoms with Crippen molar-refractivity contribution in [1.29, 1.82) is 0 Å². The third-order valence-corrected chi connectivity index (χ3v) is 5.24. The second-order valence-corrected chi connectivity index (χ2v) is 7.48. The van der Waals surface area contributed by atoms with E-state index in [2.05, 4.69) is 15.3 Å². The van der Waals surface area contributed by atoms with Crippen LogP contribution in [0.3, 0.4) is 0 Å². The SMILES string of the molecule is COc1ccc(C)cc1-c1csc(NC(=O)c2ccc3nc(Cl)ccc3c2)n1. The minimum atomic E-state index is -0.228. The highest BCUT2D eigenvalue weighted by Crippen LogP contribution is 2.33. The van der Waals surface area contributed by atoms with Gasteiger partial charge >= 0.3 is 0 Å². The van der Waals surface area contributed by atoms with E-state index in [-0.39, 0.29) is 5.91 Å². The number of amides is 1. The standard InChI is InChI=1S/C21H16ClN3O2S/c1-12-3-7-18(27-2)15(9-12)17-11-28-21(24-17)25-20(26)14-4-6-16-13(10-14)5-8-19(22)23-16/h3-11H,1-2H3,(H,24,25,26). The summed E-state index contributed by atoms with van der Waals surface area (Å²) in [6, 6.07) is 14.7. The van der Waals surface area contributed by atoms with Crippen molar-refractivity contribution in [3.05, 3.63) is 70.2 Å². The summed E-state index contributed by atoms with van der Waals surface area (Å²) in [5, 5.41) is 6.56. The van der Waals surface area contributed by atoms with Gasteiger partial charge in [0.25, 0.3) is 5.91 Å². The topological polar surface area (TPSA) is 64.1 Å². The van der Waals surface area contributed by atoms with Crippen molar-refractivity contribution >= 4 is 44.9 Å². The van der Waals surface area contributed by atoms with E-state index < -0.39 is 0 Å². The maximum absolute atomic E-state index is 12.6. The van der Waals surface area contributed by atoms with Gasteiger partial charge in [0, 0.05) is 21.9 Å². The maximum Gasteiger partial charge on any atom is 0.257 e. The number of carbonyl (C=O) groups is 1. The Kier molecular flexibility index (Phi) is 4.98. The second kappa shape index (κ2) is 7.58. The number of ether oxygens (including phenoxy) is 1. The zero-order valence-corrected chi connectivity index (χ0v) is 16.8. The van der Waals surface area contributed by atoms with Crippen LogP contribution in [0.1, 0.15) is 15.9 Å². The van der Waals surface area contributed by atoms with E-state index in [9.17, 15) is 4.79 Å². The molecule has 0 bridgehead atoms. The first-order chi connectivity index (χ1) is 13.5. The Hall–Kier alpha value is -2.96. The van der Waals surface area contributed by atoms with Gasteiger partial charge in [-0.3, -0.25) is 10.1 Å². The molecule has 2 aromatic carbocycles. The summed E-state index contributed by atoms with van der Waals surface area (Å²) >= 11 is 7.28. The molecule has 0 spiro atoms. The summed E-state index contributed by atoms with van der Waals surface area (Å²) in [5.41, 5.74) is 4.04. The number of anilines is 1. The van der Waals surface area contributed by atoms with Gasteiger partial charge in [-0.1, -0.05) is 23.2 Å². The monoisotopic (exact) mass is 409 g/mol. The number of halogens is 1. The van der Waals surface area contributed by atoms with Gasteiger partial charge in [-0.25, -0.2) is 9.97 Å². The van der Waals surface area contributed by atoms with E-state index in [1.54, 1.807) is 31.4 Å². The van der Waals surface area contributed by atoms with Crippen LogP contribution >= 0.6 is 22.9 Å². The number of nitrogens with zero attached hydrogens (tertiary/aromatic N) is 2. The van der Waals surface area contributed by atoms with Gasteiger partial charge in [0.15, 0.2) is 5.13 Å². The molecule has 28 heavy (non-hydrogen) atoms. The van der Waals surface area contributed by atoms with Crippen molar-refractivity contribution < 1.29 is 9.53 Å². The summed E-state index contributed by atoms with van der Waals surface area (Å²) in [7, 11) is 1.63. The maximum atomic E-state index is 12.6. The minimum absolute atomic E-state index is 0.228. The van der Waals surface area contributed by atoms with E-state index in [0.717, 1.165) is 33.5 Å². The molecule has 0 radical (unpaired) electrons. The zero-order valence-electron chi connectivity index (χ0n) is 15.2. The fourth-order valence-corrected chi connectivity index (χ4v) is 3.75. The third-order valence-electron chi connectivity index (χ3n) is 4.27. The molecule has 1 N–H and O–H groups in total. The largest absolute Gasteiger partial charge is 0.496 e. The third kappa shape index (κ3) is 3.69. The Bertz CT molecular complexity index is 1190. The van der Waals surface area contributed by atoms with E-state index in [1.807, 2.05) is 36.6 Å². The van der Waals surface area contributed by atoms with Crippen LogP contribution in [0.25, 0.3) is 22.2 Å². The van der Waals surface area contributed by atoms with Gasteiger partial charge in [0.05, 0.1) is 18.3 Å². The fourth-order valence-electron chi connectivity index (χ4n) is 2.89. The highest BCUT2D eigenvalue weighted by atomic mass is 35.5. The Labute approximate surface area is 171 Å². The van der Waals surface area contributed by atoms with Crippen molar-refractivity contribution in [2.24, 2.45) is 0 Å². The lowest BCUT2D eigenvalue weighted by Gasteiger charge is -2.07. The zero-order chi connectivity index (χ0) is 19.7. The molecule has 140 valence electrons. The lowest BCUT2D eigenvalue weighted by molar-refractivity contribution is 0.102. The molecule has 0 saturated carbocycles. The number of benzene rings is 2. The number of aromatic nitrogens is 2. The number of fused-ring (bicyclic) bond motifs is 1. The summed E-state index contributed by atoms with van der Waals surface area (Å²) < 4.78 is 5.43. The molecular weight excluding hydrogens is 394 g/mol. The molecule has 7 heteroatoms. The average Bonchev–Trinajstić information content (AvgIpc) is 3.15. The number of pyridine rings is 1. The number of nitrogens with one attached hydrogen (secondary N) is 1. The predicted molar refractivity (Wildman–Crippen MR) is 114 cm³/mol. The number of aryl methyl sites for hydroxylation is 1. The highest BCUT2D eigenvalue weighted by molar-refractivity contribution is 7.14. The summed E-state index contributed by atoms with van der Waals surface area (Å²) in [4.78, 5) is 21.4. The van der Waals surface area contributed by atoms with Gasteiger partial charge in [0.1, 0.15) is 10.9 Å². The van der Waals surface area contributed by atoms with Crippen molar-refractivity contribution in [2.45, 2.75) is 6.92 Å². The molecule has 5 nitrogen and oxygen atoms in total. The van der Waals surface area contributed by atoms with Gasteiger partial charge in [-0.15, -0.1) is 11.3 Å². The van der Waals surface area contributed by atoms with Crippen LogP contribution in [0.4, 0.5) is 5.13 Å². The van der Waals surface area contributed by atoms with Crippen LogP contribution in [0.5, 0.6) is 5.75 Å². The molecule has 0 unspecified atom stereocenters. The molecule has 0 aliphatic heterocycles. The van der Waals surface area contributed by atoms with Crippen LogP contribution in [0, 0.1) is 6.92 Å². The first kappa shape index (κ1) is 18.4. The van der Waals surface area contributed by atoms with Crippen molar-refractivity contribution in [3.63, 3.8) is 0 Å². The summed E-state index contributed by atoms with van der Waals surface area (Å²) in [6.45, 7) is 2.01. The molecule has 0 saturated heterocycles. The number of thiazole rings is 1. The van der Waals surface area contributed by atoms with Gasteiger partial charge in [-0.2, -0.15) is 0 Å². The van der Waals surface area contributed by atoms with Crippen molar-refractivity contribution in [1.82, 2.24) is 9.97 Å². The van der Waals surface area contributed by atoms with Crippen LogP contribution in [0.15, 0.2) is 53.9 Å². The molecule has 0 atom stereocenters. The van der Waals surface area contributed by atoms with Crippen molar-refractivity contribution in [3.8, 4) is 17.0 Å². The number of hydrogen-bond donors (Lipinski definition) is 1. The Balaban J connectivity index is 1.58. The summed E-state index contributed by atoms with van der Waals surface area (Å²) in [6.07, 6.45) is 0. The van der Waals surface area contributed by atoms with E-state index in [0.29, 0.717) is 15.8 Å². The van der Waals surface area contributed by atoms with Crippen LogP contribution in [-0.4, -0.2) is 23.0 Å². The molecule has 2 aromatic heterocycles. The quantitative estimate of drug-likeness (QED) is 0.447. The van der Waals surface area contributed by atoms with E-state index >= 15 is 0 Å². The molecule has 0 aliphatic carbocycles. The normalized spacial score (nSPS) is 10.8. The smallest absolute Gasteiger partial charge is 0.257 e. The van der Waals surface area contributed by atoms with Gasteiger partial charge < -0.3 is 4.74 Å². The van der Waals surface area contributed by atoms with Gasteiger partial charge in [0.2, 0.25) is 0 Å². The number of hydrogen-bond acceptors (Lipinski definition) is 5. The first-order valence-electron chi connectivity index (χ1n) is 8.52. The Morgan fingerprint density at radius 1 is 1.11 bits per heavy atom. The molecule has 2 heterocycles. The molecule has 1 amide bonds. The first-order valence-corrected chi connectivity index (χ1v) is 9.77.